The Labute approximate surface area is 117 Å². The van der Waals surface area contributed by atoms with Gasteiger partial charge in [0, 0.05) is 20.3 Å². The molecular weight excluding hydrogens is 258 g/mol. The summed E-state index contributed by atoms with van der Waals surface area (Å²) in [6.45, 7) is 1.94. The molecule has 0 fully saturated rings. The van der Waals surface area contributed by atoms with E-state index in [9.17, 15) is 4.79 Å². The summed E-state index contributed by atoms with van der Waals surface area (Å²) < 4.78 is 6.20. The number of aromatic nitrogens is 3. The zero-order valence-corrected chi connectivity index (χ0v) is 11.9. The van der Waals surface area contributed by atoms with Crippen molar-refractivity contribution in [2.24, 2.45) is 0 Å². The Morgan fingerprint density at radius 2 is 2.15 bits per heavy atom. The molecule has 0 radical (unpaired) electrons. The van der Waals surface area contributed by atoms with Gasteiger partial charge in [-0.3, -0.25) is 0 Å². The molecule has 7 nitrogen and oxygen atoms in total. The number of ether oxygens (including phenoxy) is 1. The van der Waals surface area contributed by atoms with Gasteiger partial charge in [-0.05, 0) is 24.6 Å². The van der Waals surface area contributed by atoms with Crippen LogP contribution in [-0.4, -0.2) is 41.9 Å². The standard InChI is InChI=1S/C13H17N5O2/c1-8-5-6-15-9(7-8)18-11(14)10(13(19)20-4)12(16-18)17(2)3/h5-7H,14H2,1-4H3. The number of nitrogens with zero attached hydrogens (tertiary/aromatic N) is 4. The molecule has 0 aromatic carbocycles. The lowest BCUT2D eigenvalue weighted by Gasteiger charge is -2.09. The zero-order chi connectivity index (χ0) is 14.9. The molecule has 0 amide bonds. The van der Waals surface area contributed by atoms with Crippen LogP contribution in [0, 0.1) is 6.92 Å². The van der Waals surface area contributed by atoms with Crippen LogP contribution in [0.5, 0.6) is 0 Å². The van der Waals surface area contributed by atoms with Crippen molar-refractivity contribution >= 4 is 17.6 Å². The third-order valence-corrected chi connectivity index (χ3v) is 2.83. The number of nitrogen functional groups attached to an aromatic ring is 1. The minimum absolute atomic E-state index is 0.207. The quantitative estimate of drug-likeness (QED) is 0.841. The molecule has 2 heterocycles. The highest BCUT2D eigenvalue weighted by Crippen LogP contribution is 2.26. The minimum atomic E-state index is -0.523. The number of rotatable bonds is 3. The Hall–Kier alpha value is -2.57. The molecule has 0 atom stereocenters. The van der Waals surface area contributed by atoms with Gasteiger partial charge in [-0.2, -0.15) is 4.68 Å². The molecule has 0 aliphatic rings. The summed E-state index contributed by atoms with van der Waals surface area (Å²) in [4.78, 5) is 17.8. The number of methoxy groups -OCH3 is 1. The van der Waals surface area contributed by atoms with Gasteiger partial charge >= 0.3 is 5.97 Å². The molecule has 2 aromatic rings. The third-order valence-electron chi connectivity index (χ3n) is 2.83. The molecule has 0 saturated heterocycles. The number of anilines is 2. The number of carbonyl (C=O) groups is 1. The summed E-state index contributed by atoms with van der Waals surface area (Å²) in [5.74, 6) is 0.683. The summed E-state index contributed by atoms with van der Waals surface area (Å²) in [6, 6.07) is 3.71. The SMILES string of the molecule is COC(=O)c1c(N(C)C)nn(-c2cc(C)ccn2)c1N. The van der Waals surface area contributed by atoms with E-state index in [0.29, 0.717) is 11.6 Å². The van der Waals surface area contributed by atoms with Crippen LogP contribution in [0.1, 0.15) is 15.9 Å². The molecule has 106 valence electrons. The number of aryl methyl sites for hydroxylation is 1. The predicted molar refractivity (Wildman–Crippen MR) is 76.2 cm³/mol. The van der Waals surface area contributed by atoms with Crippen LogP contribution in [0.2, 0.25) is 0 Å². The van der Waals surface area contributed by atoms with E-state index in [1.54, 1.807) is 25.2 Å². The lowest BCUT2D eigenvalue weighted by molar-refractivity contribution is 0.0602. The number of pyridine rings is 1. The lowest BCUT2D eigenvalue weighted by Crippen LogP contribution is -2.14. The Morgan fingerprint density at radius 1 is 1.45 bits per heavy atom. The average Bonchev–Trinajstić information content (AvgIpc) is 2.76. The number of hydrogen-bond donors (Lipinski definition) is 1. The molecule has 2 rings (SSSR count). The zero-order valence-electron chi connectivity index (χ0n) is 11.9. The van der Waals surface area contributed by atoms with Crippen molar-refractivity contribution in [1.29, 1.82) is 0 Å². The Kier molecular flexibility index (Phi) is 3.60. The Balaban J connectivity index is 2.64. The molecule has 0 spiro atoms. The minimum Gasteiger partial charge on any atom is -0.465 e. The number of nitrogens with two attached hydrogens (primary N) is 1. The molecular formula is C13H17N5O2. The molecule has 0 aliphatic heterocycles. The van der Waals surface area contributed by atoms with E-state index in [1.807, 2.05) is 19.1 Å². The number of hydrogen-bond acceptors (Lipinski definition) is 6. The van der Waals surface area contributed by atoms with Crippen LogP contribution in [0.3, 0.4) is 0 Å². The van der Waals surface area contributed by atoms with E-state index in [0.717, 1.165) is 5.56 Å². The van der Waals surface area contributed by atoms with Crippen molar-refractivity contribution in [2.45, 2.75) is 6.92 Å². The highest BCUT2D eigenvalue weighted by molar-refractivity contribution is 6.00. The smallest absolute Gasteiger partial charge is 0.345 e. The summed E-state index contributed by atoms with van der Waals surface area (Å²) in [5, 5.41) is 4.34. The normalized spacial score (nSPS) is 10.4. The molecule has 2 N–H and O–H groups in total. The second kappa shape index (κ2) is 5.20. The fraction of sp³-hybridized carbons (Fsp3) is 0.308. The lowest BCUT2D eigenvalue weighted by atomic mass is 10.3. The highest BCUT2D eigenvalue weighted by atomic mass is 16.5. The molecule has 0 bridgehead atoms. The monoisotopic (exact) mass is 275 g/mol. The van der Waals surface area contributed by atoms with Gasteiger partial charge < -0.3 is 15.4 Å². The van der Waals surface area contributed by atoms with Gasteiger partial charge in [0.05, 0.1) is 7.11 Å². The first-order valence-corrected chi connectivity index (χ1v) is 6.03. The maximum absolute atomic E-state index is 11.9. The molecule has 0 aliphatic carbocycles. The van der Waals surface area contributed by atoms with Crippen molar-refractivity contribution in [3.63, 3.8) is 0 Å². The van der Waals surface area contributed by atoms with Crippen molar-refractivity contribution in [3.8, 4) is 5.82 Å². The number of esters is 1. The van der Waals surface area contributed by atoms with Gasteiger partial charge in [0.2, 0.25) is 0 Å². The van der Waals surface area contributed by atoms with Crippen molar-refractivity contribution in [3.05, 3.63) is 29.5 Å². The van der Waals surface area contributed by atoms with Gasteiger partial charge in [0.15, 0.2) is 11.6 Å². The van der Waals surface area contributed by atoms with Crippen LogP contribution in [0.4, 0.5) is 11.6 Å². The largest absolute Gasteiger partial charge is 0.465 e. The van der Waals surface area contributed by atoms with Gasteiger partial charge in [-0.1, -0.05) is 0 Å². The Bertz CT molecular complexity index is 648. The van der Waals surface area contributed by atoms with Crippen LogP contribution >= 0.6 is 0 Å². The van der Waals surface area contributed by atoms with Crippen molar-refractivity contribution in [1.82, 2.24) is 14.8 Å². The van der Waals surface area contributed by atoms with E-state index in [1.165, 1.54) is 11.8 Å². The molecule has 2 aromatic heterocycles. The molecule has 0 unspecified atom stereocenters. The van der Waals surface area contributed by atoms with E-state index >= 15 is 0 Å². The average molecular weight is 275 g/mol. The highest BCUT2D eigenvalue weighted by Gasteiger charge is 2.25. The summed E-state index contributed by atoms with van der Waals surface area (Å²) >= 11 is 0. The first-order valence-electron chi connectivity index (χ1n) is 6.03. The van der Waals surface area contributed by atoms with Gasteiger partial charge in [-0.15, -0.1) is 5.10 Å². The predicted octanol–water partition coefficient (Wildman–Crippen LogP) is 1.01. The van der Waals surface area contributed by atoms with Gasteiger partial charge in [-0.25, -0.2) is 9.78 Å². The number of carbonyl (C=O) groups excluding carboxylic acids is 1. The first kappa shape index (κ1) is 13.9. The van der Waals surface area contributed by atoms with Crippen LogP contribution < -0.4 is 10.6 Å². The maximum atomic E-state index is 11.9. The first-order chi connectivity index (χ1) is 9.45. The van der Waals surface area contributed by atoms with E-state index in [4.69, 9.17) is 10.5 Å². The van der Waals surface area contributed by atoms with Crippen LogP contribution in [-0.2, 0) is 4.74 Å². The van der Waals surface area contributed by atoms with Crippen LogP contribution in [0.15, 0.2) is 18.3 Å². The second-order valence-corrected chi connectivity index (χ2v) is 4.57. The van der Waals surface area contributed by atoms with Crippen LogP contribution in [0.25, 0.3) is 5.82 Å². The van der Waals surface area contributed by atoms with E-state index in [2.05, 4.69) is 10.1 Å². The Morgan fingerprint density at radius 3 is 2.70 bits per heavy atom. The molecule has 20 heavy (non-hydrogen) atoms. The fourth-order valence-corrected chi connectivity index (χ4v) is 1.84. The topological polar surface area (TPSA) is 86.3 Å². The van der Waals surface area contributed by atoms with Gasteiger partial charge in [0.25, 0.3) is 0 Å². The fourth-order valence-electron chi connectivity index (χ4n) is 1.84. The third kappa shape index (κ3) is 2.29. The summed E-state index contributed by atoms with van der Waals surface area (Å²) in [7, 11) is 4.87. The molecule has 7 heteroatoms. The second-order valence-electron chi connectivity index (χ2n) is 4.57. The molecule has 0 saturated carbocycles. The van der Waals surface area contributed by atoms with Crippen molar-refractivity contribution < 1.29 is 9.53 Å². The summed E-state index contributed by atoms with van der Waals surface area (Å²) in [6.07, 6.45) is 1.67. The van der Waals surface area contributed by atoms with Gasteiger partial charge in [0.1, 0.15) is 11.4 Å². The van der Waals surface area contributed by atoms with E-state index in [-0.39, 0.29) is 11.4 Å². The van der Waals surface area contributed by atoms with Crippen molar-refractivity contribution in [2.75, 3.05) is 31.8 Å². The maximum Gasteiger partial charge on any atom is 0.345 e. The van der Waals surface area contributed by atoms with E-state index < -0.39 is 5.97 Å². The summed E-state index contributed by atoms with van der Waals surface area (Å²) in [5.41, 5.74) is 7.29.